The highest BCUT2D eigenvalue weighted by Crippen LogP contribution is 2.30. The number of nitrogens with two attached hydrogens (primary N) is 2. The molecule has 4 aromatic rings. The van der Waals surface area contributed by atoms with Crippen molar-refractivity contribution < 1.29 is 9.59 Å². The maximum atomic E-state index is 13.2. The number of nitrogens with zero attached hydrogens (tertiary/aromatic N) is 3. The van der Waals surface area contributed by atoms with Crippen LogP contribution in [-0.2, 0) is 16.1 Å². The van der Waals surface area contributed by atoms with Crippen LogP contribution in [0.1, 0.15) is 56.1 Å². The van der Waals surface area contributed by atoms with Crippen LogP contribution < -0.4 is 22.1 Å². The number of fused-ring (bicyclic) bond motifs is 1. The van der Waals surface area contributed by atoms with E-state index in [2.05, 4.69) is 35.8 Å². The number of hydrogen-bond acceptors (Lipinski definition) is 7. The second-order valence-electron chi connectivity index (χ2n) is 10.2. The van der Waals surface area contributed by atoms with Crippen LogP contribution in [0, 0.1) is 11.8 Å². The normalized spacial score (nSPS) is 18.1. The molecule has 3 heterocycles. The van der Waals surface area contributed by atoms with E-state index in [1.807, 2.05) is 36.4 Å². The van der Waals surface area contributed by atoms with Gasteiger partial charge in [0.2, 0.25) is 11.8 Å². The summed E-state index contributed by atoms with van der Waals surface area (Å²) in [6.45, 7) is 1.02. The molecule has 0 unspecified atom stereocenters. The van der Waals surface area contributed by atoms with Crippen LogP contribution in [0.2, 0.25) is 0 Å². The summed E-state index contributed by atoms with van der Waals surface area (Å²) in [7, 11) is 0. The molecule has 0 bridgehead atoms. The van der Waals surface area contributed by atoms with Crippen molar-refractivity contribution in [1.82, 2.24) is 35.8 Å². The van der Waals surface area contributed by atoms with Gasteiger partial charge in [0.1, 0.15) is 5.82 Å². The third-order valence-corrected chi connectivity index (χ3v) is 7.55. The first-order valence-electron chi connectivity index (χ1n) is 13.5. The van der Waals surface area contributed by atoms with E-state index < -0.39 is 6.04 Å². The number of pyridine rings is 1. The van der Waals surface area contributed by atoms with Crippen molar-refractivity contribution in [2.45, 2.75) is 51.1 Å². The number of aromatic nitrogens is 5. The van der Waals surface area contributed by atoms with Gasteiger partial charge in [-0.1, -0.05) is 12.1 Å². The quantitative estimate of drug-likeness (QED) is 0.183. The lowest BCUT2D eigenvalue weighted by molar-refractivity contribution is -0.127. The fourth-order valence-electron chi connectivity index (χ4n) is 5.15. The molecule has 1 atom stereocenters. The van der Waals surface area contributed by atoms with Gasteiger partial charge in [0, 0.05) is 29.5 Å². The molecule has 2 amide bonds. The molecule has 0 aliphatic heterocycles. The predicted molar refractivity (Wildman–Crippen MR) is 149 cm³/mol. The molecule has 5 rings (SSSR count). The molecule has 3 aromatic heterocycles. The minimum absolute atomic E-state index is 0.00308. The standard InChI is InChI=1S/C28H35N9O2/c29-14-17-4-6-18(7-5-17)28(39)35-22(10-11-25(38)32-15-20-3-1-2-12-31-20)27-33-16-24(34-27)19-8-9-21-23(13-19)36-37-26(21)30/h1-3,8-9,12-13,16-18,22H,4-7,10-11,14-15,29H2,(H,32,38)(H,33,34)(H,35,39)(H3,30,36,37)/t17?,18?,22-/m0/s1. The first-order chi connectivity index (χ1) is 19.0. The van der Waals surface area contributed by atoms with E-state index in [1.54, 1.807) is 12.4 Å². The van der Waals surface area contributed by atoms with Crippen molar-refractivity contribution in [1.29, 1.82) is 0 Å². The molecule has 1 fully saturated rings. The van der Waals surface area contributed by atoms with E-state index in [1.165, 1.54) is 0 Å². The second-order valence-corrected chi connectivity index (χ2v) is 10.2. The van der Waals surface area contributed by atoms with Gasteiger partial charge < -0.3 is 27.1 Å². The fraction of sp³-hybridized carbons (Fsp3) is 0.393. The largest absolute Gasteiger partial charge is 0.382 e. The number of carbonyl (C=O) groups excluding carboxylic acids is 2. The van der Waals surface area contributed by atoms with E-state index in [0.29, 0.717) is 37.1 Å². The van der Waals surface area contributed by atoms with Crippen molar-refractivity contribution in [3.8, 4) is 11.3 Å². The average molecular weight is 530 g/mol. The van der Waals surface area contributed by atoms with Gasteiger partial charge in [0.05, 0.1) is 35.7 Å². The van der Waals surface area contributed by atoms with Crippen LogP contribution in [0.15, 0.2) is 48.8 Å². The van der Waals surface area contributed by atoms with Crippen molar-refractivity contribution in [3.05, 3.63) is 60.3 Å². The SMILES string of the molecule is NCC1CCC(C(=O)N[C@@H](CCC(=O)NCc2ccccn2)c2ncc(-c3ccc4c(N)n[nH]c4c3)[nH]2)CC1. The highest BCUT2D eigenvalue weighted by molar-refractivity contribution is 5.91. The minimum Gasteiger partial charge on any atom is -0.382 e. The molecular weight excluding hydrogens is 494 g/mol. The lowest BCUT2D eigenvalue weighted by atomic mass is 9.81. The average Bonchev–Trinajstić information content (AvgIpc) is 3.61. The number of aromatic amines is 2. The molecule has 1 saturated carbocycles. The third kappa shape index (κ3) is 6.43. The van der Waals surface area contributed by atoms with Crippen LogP contribution in [0.3, 0.4) is 0 Å². The Morgan fingerprint density at radius 1 is 1.10 bits per heavy atom. The van der Waals surface area contributed by atoms with Gasteiger partial charge in [-0.25, -0.2) is 4.98 Å². The van der Waals surface area contributed by atoms with Gasteiger partial charge in [-0.05, 0) is 68.8 Å². The molecule has 0 radical (unpaired) electrons. The molecule has 1 aliphatic rings. The molecular formula is C28H35N9O2. The Morgan fingerprint density at radius 2 is 1.95 bits per heavy atom. The summed E-state index contributed by atoms with van der Waals surface area (Å²) in [6, 6.07) is 10.9. The predicted octanol–water partition coefficient (Wildman–Crippen LogP) is 2.95. The van der Waals surface area contributed by atoms with Gasteiger partial charge in [-0.3, -0.25) is 19.7 Å². The number of benzene rings is 1. The monoisotopic (exact) mass is 529 g/mol. The number of imidazole rings is 1. The van der Waals surface area contributed by atoms with Gasteiger partial charge in [-0.2, -0.15) is 5.10 Å². The van der Waals surface area contributed by atoms with Gasteiger partial charge >= 0.3 is 0 Å². The minimum atomic E-state index is -0.439. The Hall–Kier alpha value is -4.25. The summed E-state index contributed by atoms with van der Waals surface area (Å²) in [5.74, 6) is 1.37. The zero-order valence-corrected chi connectivity index (χ0v) is 21.8. The summed E-state index contributed by atoms with van der Waals surface area (Å²) in [5, 5.41) is 13.9. The van der Waals surface area contributed by atoms with E-state index in [-0.39, 0.29) is 24.2 Å². The molecule has 8 N–H and O–H groups in total. The van der Waals surface area contributed by atoms with E-state index in [4.69, 9.17) is 11.5 Å². The number of H-pyrrole nitrogens is 2. The molecule has 1 aromatic carbocycles. The number of carbonyl (C=O) groups is 2. The number of anilines is 1. The number of amides is 2. The molecule has 0 saturated heterocycles. The first-order valence-corrected chi connectivity index (χ1v) is 13.5. The first kappa shape index (κ1) is 26.4. The second kappa shape index (κ2) is 12.1. The smallest absolute Gasteiger partial charge is 0.223 e. The maximum absolute atomic E-state index is 13.2. The maximum Gasteiger partial charge on any atom is 0.223 e. The van der Waals surface area contributed by atoms with Crippen LogP contribution in [0.5, 0.6) is 0 Å². The van der Waals surface area contributed by atoms with E-state index in [9.17, 15) is 9.59 Å². The van der Waals surface area contributed by atoms with Gasteiger partial charge in [0.15, 0.2) is 5.82 Å². The molecule has 0 spiro atoms. The van der Waals surface area contributed by atoms with Crippen LogP contribution in [0.25, 0.3) is 22.2 Å². The van der Waals surface area contributed by atoms with Crippen molar-refractivity contribution in [2.75, 3.05) is 12.3 Å². The Bertz CT molecular complexity index is 1410. The molecule has 11 heteroatoms. The van der Waals surface area contributed by atoms with Gasteiger partial charge in [0.25, 0.3) is 0 Å². The molecule has 11 nitrogen and oxygen atoms in total. The summed E-state index contributed by atoms with van der Waals surface area (Å²) < 4.78 is 0. The number of nitrogen functional groups attached to an aromatic ring is 1. The summed E-state index contributed by atoms with van der Waals surface area (Å²) >= 11 is 0. The topological polar surface area (TPSA) is 180 Å². The highest BCUT2D eigenvalue weighted by Gasteiger charge is 2.28. The molecule has 39 heavy (non-hydrogen) atoms. The number of hydrogen-bond donors (Lipinski definition) is 6. The molecule has 1 aliphatic carbocycles. The highest BCUT2D eigenvalue weighted by atomic mass is 16.2. The zero-order valence-electron chi connectivity index (χ0n) is 21.8. The Kier molecular flexibility index (Phi) is 8.16. The summed E-state index contributed by atoms with van der Waals surface area (Å²) in [6.07, 6.45) is 7.63. The number of rotatable bonds is 10. The van der Waals surface area contributed by atoms with Crippen molar-refractivity contribution >= 4 is 28.5 Å². The van der Waals surface area contributed by atoms with Crippen LogP contribution in [0.4, 0.5) is 5.82 Å². The summed E-state index contributed by atoms with van der Waals surface area (Å²) in [5.41, 5.74) is 15.0. The van der Waals surface area contributed by atoms with Crippen LogP contribution >= 0.6 is 0 Å². The number of nitrogens with one attached hydrogen (secondary N) is 4. The Morgan fingerprint density at radius 3 is 2.72 bits per heavy atom. The molecule has 204 valence electrons. The summed E-state index contributed by atoms with van der Waals surface area (Å²) in [4.78, 5) is 38.1. The lowest BCUT2D eigenvalue weighted by Crippen LogP contribution is -2.37. The third-order valence-electron chi connectivity index (χ3n) is 7.55. The van der Waals surface area contributed by atoms with Crippen LogP contribution in [-0.4, -0.2) is 43.5 Å². The van der Waals surface area contributed by atoms with Crippen molar-refractivity contribution in [2.24, 2.45) is 17.6 Å². The lowest BCUT2D eigenvalue weighted by Gasteiger charge is -2.28. The Balaban J connectivity index is 1.28. The Labute approximate surface area is 226 Å². The zero-order chi connectivity index (χ0) is 27.2. The van der Waals surface area contributed by atoms with Gasteiger partial charge in [-0.15, -0.1) is 0 Å². The van der Waals surface area contributed by atoms with E-state index in [0.717, 1.165) is 53.5 Å². The van der Waals surface area contributed by atoms with E-state index >= 15 is 0 Å². The van der Waals surface area contributed by atoms with Crippen molar-refractivity contribution in [3.63, 3.8) is 0 Å². The fourth-order valence-corrected chi connectivity index (χ4v) is 5.15.